The van der Waals surface area contributed by atoms with E-state index in [-0.39, 0.29) is 12.7 Å². The first-order valence-electron chi connectivity index (χ1n) is 6.89. The second-order valence-corrected chi connectivity index (χ2v) is 8.09. The van der Waals surface area contributed by atoms with Gasteiger partial charge in [-0.05, 0) is 31.9 Å². The van der Waals surface area contributed by atoms with E-state index >= 15 is 0 Å². The number of aliphatic hydroxyl groups excluding tert-OH is 1. The van der Waals surface area contributed by atoms with Crippen molar-refractivity contribution < 1.29 is 18.3 Å². The third kappa shape index (κ3) is 3.59. The Morgan fingerprint density at radius 3 is 2.70 bits per heavy atom. The molecule has 1 fully saturated rings. The molecule has 2 heterocycles. The first-order chi connectivity index (χ1) is 9.57. The summed E-state index contributed by atoms with van der Waals surface area (Å²) in [6.07, 6.45) is 2.19. The largest absolute Gasteiger partial charge is 0.396 e. The molecule has 114 valence electrons. The fraction of sp³-hybridized carbons (Fsp3) is 0.692. The molecule has 1 N–H and O–H groups in total. The zero-order valence-corrected chi connectivity index (χ0v) is 13.3. The molecule has 7 heteroatoms. The van der Waals surface area contributed by atoms with Gasteiger partial charge in [0.15, 0.2) is 0 Å². The number of piperidine rings is 1. The third-order valence-corrected chi connectivity index (χ3v) is 6.90. The van der Waals surface area contributed by atoms with E-state index in [2.05, 4.69) is 0 Å². The summed E-state index contributed by atoms with van der Waals surface area (Å²) in [5, 5.41) is 8.89. The molecule has 0 atom stereocenters. The average molecular weight is 319 g/mol. The first-order valence-corrected chi connectivity index (χ1v) is 9.15. The highest BCUT2D eigenvalue weighted by atomic mass is 32.2. The number of hydrogen-bond acceptors (Lipinski definition) is 5. The second kappa shape index (κ2) is 7.00. The van der Waals surface area contributed by atoms with E-state index < -0.39 is 10.0 Å². The number of sulfonamides is 1. The minimum atomic E-state index is -3.38. The zero-order valence-electron chi connectivity index (χ0n) is 11.6. The Morgan fingerprint density at radius 1 is 1.40 bits per heavy atom. The molecule has 1 aromatic heterocycles. The maximum atomic E-state index is 12.5. The van der Waals surface area contributed by atoms with Gasteiger partial charge in [0, 0.05) is 37.6 Å². The van der Waals surface area contributed by atoms with Crippen LogP contribution in [0.2, 0.25) is 0 Å². The van der Waals surface area contributed by atoms with Crippen LogP contribution in [-0.2, 0) is 21.2 Å². The second-order valence-electron chi connectivity index (χ2n) is 4.75. The van der Waals surface area contributed by atoms with Crippen LogP contribution in [0, 0.1) is 0 Å². The molecule has 0 unspecified atom stereocenters. The quantitative estimate of drug-likeness (QED) is 0.862. The first kappa shape index (κ1) is 15.9. The van der Waals surface area contributed by atoms with Crippen molar-refractivity contribution in [3.05, 3.63) is 17.0 Å². The van der Waals surface area contributed by atoms with Crippen molar-refractivity contribution in [2.75, 3.05) is 26.3 Å². The molecule has 0 aliphatic carbocycles. The van der Waals surface area contributed by atoms with Gasteiger partial charge in [0.25, 0.3) is 10.0 Å². The minimum absolute atomic E-state index is 0.0414. The summed E-state index contributed by atoms with van der Waals surface area (Å²) in [6.45, 7) is 3.70. The highest BCUT2D eigenvalue weighted by molar-refractivity contribution is 7.91. The smallest absolute Gasteiger partial charge is 0.252 e. The van der Waals surface area contributed by atoms with Crippen molar-refractivity contribution in [1.29, 1.82) is 0 Å². The predicted octanol–water partition coefficient (Wildman–Crippen LogP) is 1.47. The lowest BCUT2D eigenvalue weighted by molar-refractivity contribution is 0.0290. The van der Waals surface area contributed by atoms with Crippen LogP contribution in [0.4, 0.5) is 0 Å². The topological polar surface area (TPSA) is 66.8 Å². The Hall–Kier alpha value is -0.470. The van der Waals surface area contributed by atoms with Crippen molar-refractivity contribution in [3.63, 3.8) is 0 Å². The molecule has 0 spiro atoms. The molecule has 5 nitrogen and oxygen atoms in total. The number of aliphatic hydroxyl groups is 1. The highest BCUT2D eigenvalue weighted by Crippen LogP contribution is 2.27. The normalized spacial score (nSPS) is 18.5. The zero-order chi connectivity index (χ0) is 14.6. The van der Waals surface area contributed by atoms with Gasteiger partial charge in [0.2, 0.25) is 0 Å². The molecule has 0 aromatic carbocycles. The van der Waals surface area contributed by atoms with E-state index in [1.165, 1.54) is 15.6 Å². The highest BCUT2D eigenvalue weighted by Gasteiger charge is 2.30. The molecule has 0 saturated carbocycles. The Labute approximate surface area is 124 Å². The van der Waals surface area contributed by atoms with Crippen molar-refractivity contribution in [1.82, 2.24) is 4.31 Å². The molecule has 1 aliphatic heterocycles. The SMILES string of the molecule is CCOC1CCN(S(=O)(=O)c2ccc(CCO)s2)CC1. The monoisotopic (exact) mass is 319 g/mol. The molecular formula is C13H21NO4S2. The standard InChI is InChI=1S/C13H21NO4S2/c1-2-18-11-5-8-14(9-6-11)20(16,17)13-4-3-12(19-13)7-10-15/h3-4,11,15H,2,5-10H2,1H3. The van der Waals surface area contributed by atoms with Crippen LogP contribution in [0.15, 0.2) is 16.3 Å². The molecule has 20 heavy (non-hydrogen) atoms. The van der Waals surface area contributed by atoms with Crippen LogP contribution in [0.5, 0.6) is 0 Å². The van der Waals surface area contributed by atoms with Crippen LogP contribution >= 0.6 is 11.3 Å². The van der Waals surface area contributed by atoms with E-state index in [1.807, 2.05) is 6.92 Å². The van der Waals surface area contributed by atoms with Gasteiger partial charge in [-0.15, -0.1) is 11.3 Å². The van der Waals surface area contributed by atoms with Gasteiger partial charge >= 0.3 is 0 Å². The summed E-state index contributed by atoms with van der Waals surface area (Å²) >= 11 is 1.25. The molecular weight excluding hydrogens is 298 g/mol. The van der Waals surface area contributed by atoms with Crippen molar-refractivity contribution in [3.8, 4) is 0 Å². The van der Waals surface area contributed by atoms with E-state index in [0.29, 0.717) is 30.3 Å². The van der Waals surface area contributed by atoms with Gasteiger partial charge in [-0.2, -0.15) is 4.31 Å². The molecule has 0 amide bonds. The number of thiophene rings is 1. The Kier molecular flexibility index (Phi) is 5.57. The fourth-order valence-electron chi connectivity index (χ4n) is 2.34. The predicted molar refractivity (Wildman–Crippen MR) is 78.5 cm³/mol. The third-order valence-electron chi connectivity index (χ3n) is 3.39. The van der Waals surface area contributed by atoms with Crippen LogP contribution < -0.4 is 0 Å². The molecule has 1 saturated heterocycles. The lowest BCUT2D eigenvalue weighted by Gasteiger charge is -2.30. The molecule has 1 aromatic rings. The van der Waals surface area contributed by atoms with E-state index in [4.69, 9.17) is 9.84 Å². The lowest BCUT2D eigenvalue weighted by Crippen LogP contribution is -2.40. The maximum absolute atomic E-state index is 12.5. The maximum Gasteiger partial charge on any atom is 0.252 e. The summed E-state index contributed by atoms with van der Waals surface area (Å²) in [5.41, 5.74) is 0. The van der Waals surface area contributed by atoms with E-state index in [1.54, 1.807) is 12.1 Å². The molecule has 2 rings (SSSR count). The van der Waals surface area contributed by atoms with Crippen LogP contribution in [0.25, 0.3) is 0 Å². The van der Waals surface area contributed by atoms with Gasteiger partial charge in [-0.3, -0.25) is 0 Å². The average Bonchev–Trinajstić information content (AvgIpc) is 2.90. The summed E-state index contributed by atoms with van der Waals surface area (Å²) in [5.74, 6) is 0. The van der Waals surface area contributed by atoms with Gasteiger partial charge in [-0.1, -0.05) is 0 Å². The van der Waals surface area contributed by atoms with E-state index in [9.17, 15) is 8.42 Å². The van der Waals surface area contributed by atoms with E-state index in [0.717, 1.165) is 17.7 Å². The number of hydrogen-bond donors (Lipinski definition) is 1. The van der Waals surface area contributed by atoms with Crippen LogP contribution in [0.3, 0.4) is 0 Å². The van der Waals surface area contributed by atoms with Gasteiger partial charge < -0.3 is 9.84 Å². The minimum Gasteiger partial charge on any atom is -0.396 e. The summed E-state index contributed by atoms with van der Waals surface area (Å²) in [4.78, 5) is 0.898. The van der Waals surface area contributed by atoms with Crippen LogP contribution in [-0.4, -0.2) is 50.2 Å². The van der Waals surface area contributed by atoms with Gasteiger partial charge in [0.1, 0.15) is 4.21 Å². The molecule has 0 bridgehead atoms. The van der Waals surface area contributed by atoms with Crippen molar-refractivity contribution >= 4 is 21.4 Å². The molecule has 0 radical (unpaired) electrons. The lowest BCUT2D eigenvalue weighted by atomic mass is 10.1. The Balaban J connectivity index is 2.03. The van der Waals surface area contributed by atoms with Crippen molar-refractivity contribution in [2.45, 2.75) is 36.5 Å². The number of ether oxygens (including phenoxy) is 1. The molecule has 1 aliphatic rings. The number of nitrogens with zero attached hydrogens (tertiary/aromatic N) is 1. The van der Waals surface area contributed by atoms with Gasteiger partial charge in [0.05, 0.1) is 6.10 Å². The van der Waals surface area contributed by atoms with Crippen molar-refractivity contribution in [2.24, 2.45) is 0 Å². The Bertz CT molecular complexity index is 518. The summed E-state index contributed by atoms with van der Waals surface area (Å²) < 4.78 is 32.5. The summed E-state index contributed by atoms with van der Waals surface area (Å²) in [6, 6.07) is 3.42. The Morgan fingerprint density at radius 2 is 2.10 bits per heavy atom. The fourth-order valence-corrected chi connectivity index (χ4v) is 5.31. The number of rotatable bonds is 6. The van der Waals surface area contributed by atoms with Gasteiger partial charge in [-0.25, -0.2) is 8.42 Å². The van der Waals surface area contributed by atoms with Crippen LogP contribution in [0.1, 0.15) is 24.6 Å². The summed E-state index contributed by atoms with van der Waals surface area (Å²) in [7, 11) is -3.38.